The van der Waals surface area contributed by atoms with E-state index in [1.54, 1.807) is 12.1 Å². The molecule has 0 spiro atoms. The molecular formula is C19H21NO5S. The third-order valence-electron chi connectivity index (χ3n) is 4.39. The van der Waals surface area contributed by atoms with Crippen molar-refractivity contribution in [2.75, 3.05) is 26.3 Å². The SMILES string of the molecule is Cc1ccc(OC(=O)c2ccc(S(=O)(=O)N3CCOCC3)cc2)cc1C. The molecule has 0 N–H and O–H groups in total. The van der Waals surface area contributed by atoms with Crippen LogP contribution in [0, 0.1) is 13.8 Å². The van der Waals surface area contributed by atoms with Crippen LogP contribution in [0.5, 0.6) is 5.75 Å². The van der Waals surface area contributed by atoms with Gasteiger partial charge in [0.2, 0.25) is 10.0 Å². The lowest BCUT2D eigenvalue weighted by Crippen LogP contribution is -2.40. The van der Waals surface area contributed by atoms with Crippen molar-refractivity contribution in [1.82, 2.24) is 4.31 Å². The molecule has 26 heavy (non-hydrogen) atoms. The van der Waals surface area contributed by atoms with E-state index in [2.05, 4.69) is 0 Å². The second kappa shape index (κ2) is 7.57. The molecule has 3 rings (SSSR count). The van der Waals surface area contributed by atoms with Crippen LogP contribution in [0.15, 0.2) is 47.4 Å². The summed E-state index contributed by atoms with van der Waals surface area (Å²) >= 11 is 0. The number of nitrogens with zero attached hydrogens (tertiary/aromatic N) is 1. The second-order valence-corrected chi connectivity index (χ2v) is 8.11. The van der Waals surface area contributed by atoms with Crippen LogP contribution in [0.25, 0.3) is 0 Å². The van der Waals surface area contributed by atoms with Crippen LogP contribution in [-0.4, -0.2) is 45.0 Å². The fourth-order valence-electron chi connectivity index (χ4n) is 2.64. The Morgan fingerprint density at radius 3 is 2.27 bits per heavy atom. The Bertz CT molecular complexity index is 900. The number of sulfonamides is 1. The van der Waals surface area contributed by atoms with E-state index in [0.29, 0.717) is 37.6 Å². The smallest absolute Gasteiger partial charge is 0.343 e. The predicted octanol–water partition coefficient (Wildman–Crippen LogP) is 2.54. The molecule has 6 nitrogen and oxygen atoms in total. The molecule has 2 aromatic rings. The van der Waals surface area contributed by atoms with Gasteiger partial charge in [0.15, 0.2) is 0 Å². The minimum atomic E-state index is -3.57. The van der Waals surface area contributed by atoms with Gasteiger partial charge < -0.3 is 9.47 Å². The van der Waals surface area contributed by atoms with Gasteiger partial charge in [-0.2, -0.15) is 4.31 Å². The van der Waals surface area contributed by atoms with Crippen molar-refractivity contribution in [2.45, 2.75) is 18.7 Å². The van der Waals surface area contributed by atoms with Gasteiger partial charge >= 0.3 is 5.97 Å². The van der Waals surface area contributed by atoms with Crippen molar-refractivity contribution >= 4 is 16.0 Å². The number of carbonyl (C=O) groups is 1. The van der Waals surface area contributed by atoms with Crippen molar-refractivity contribution in [2.24, 2.45) is 0 Å². The van der Waals surface area contributed by atoms with E-state index in [9.17, 15) is 13.2 Å². The van der Waals surface area contributed by atoms with Gasteiger partial charge in [-0.15, -0.1) is 0 Å². The van der Waals surface area contributed by atoms with Crippen LogP contribution < -0.4 is 4.74 Å². The Morgan fingerprint density at radius 1 is 1.00 bits per heavy atom. The third-order valence-corrected chi connectivity index (χ3v) is 6.30. The molecule has 1 saturated heterocycles. The molecule has 138 valence electrons. The van der Waals surface area contributed by atoms with E-state index in [4.69, 9.17) is 9.47 Å². The lowest BCUT2D eigenvalue weighted by molar-refractivity contribution is 0.0730. The van der Waals surface area contributed by atoms with Gasteiger partial charge in [-0.3, -0.25) is 0 Å². The summed E-state index contributed by atoms with van der Waals surface area (Å²) in [5.74, 6) is -0.0633. The van der Waals surface area contributed by atoms with Gasteiger partial charge in [-0.1, -0.05) is 6.07 Å². The van der Waals surface area contributed by atoms with Gasteiger partial charge in [-0.25, -0.2) is 13.2 Å². The minimum absolute atomic E-state index is 0.155. The second-order valence-electron chi connectivity index (χ2n) is 6.18. The number of ether oxygens (including phenoxy) is 2. The van der Waals surface area contributed by atoms with Crippen molar-refractivity contribution in [1.29, 1.82) is 0 Å². The number of rotatable bonds is 4. The van der Waals surface area contributed by atoms with Crippen LogP contribution in [0.3, 0.4) is 0 Å². The lowest BCUT2D eigenvalue weighted by Gasteiger charge is -2.26. The minimum Gasteiger partial charge on any atom is -0.423 e. The monoisotopic (exact) mass is 375 g/mol. The third kappa shape index (κ3) is 3.95. The summed E-state index contributed by atoms with van der Waals surface area (Å²) in [4.78, 5) is 12.4. The molecule has 1 aliphatic rings. The topological polar surface area (TPSA) is 72.9 Å². The zero-order valence-electron chi connectivity index (χ0n) is 14.8. The van der Waals surface area contributed by atoms with Gasteiger partial charge in [0.05, 0.1) is 23.7 Å². The maximum atomic E-state index is 12.6. The lowest BCUT2D eigenvalue weighted by atomic mass is 10.1. The molecule has 0 aliphatic carbocycles. The van der Waals surface area contributed by atoms with Crippen LogP contribution in [-0.2, 0) is 14.8 Å². The quantitative estimate of drug-likeness (QED) is 0.607. The standard InChI is InChI=1S/C19H21NO5S/c1-14-3-6-17(13-15(14)2)25-19(21)16-4-7-18(8-5-16)26(22,23)20-9-11-24-12-10-20/h3-8,13H,9-12H2,1-2H3. The number of hydrogen-bond donors (Lipinski definition) is 0. The summed E-state index contributed by atoms with van der Waals surface area (Å²) in [6.07, 6.45) is 0. The molecule has 0 saturated carbocycles. The first-order valence-electron chi connectivity index (χ1n) is 8.35. The van der Waals surface area contributed by atoms with Crippen molar-refractivity contribution in [3.05, 3.63) is 59.2 Å². The largest absolute Gasteiger partial charge is 0.423 e. The van der Waals surface area contributed by atoms with Crippen LogP contribution >= 0.6 is 0 Å². The molecule has 0 atom stereocenters. The average Bonchev–Trinajstić information content (AvgIpc) is 2.65. The van der Waals surface area contributed by atoms with Gasteiger partial charge in [0.1, 0.15) is 5.75 Å². The zero-order valence-corrected chi connectivity index (χ0v) is 15.6. The van der Waals surface area contributed by atoms with Gasteiger partial charge in [0.25, 0.3) is 0 Å². The molecule has 1 fully saturated rings. The van der Waals surface area contributed by atoms with Gasteiger partial charge in [-0.05, 0) is 61.4 Å². The highest BCUT2D eigenvalue weighted by atomic mass is 32.2. The Morgan fingerprint density at radius 2 is 1.65 bits per heavy atom. The number of esters is 1. The van der Waals surface area contributed by atoms with E-state index >= 15 is 0 Å². The highest BCUT2D eigenvalue weighted by molar-refractivity contribution is 7.89. The summed E-state index contributed by atoms with van der Waals surface area (Å²) in [5.41, 5.74) is 2.44. The molecular weight excluding hydrogens is 354 g/mol. The van der Waals surface area contributed by atoms with Crippen molar-refractivity contribution in [3.8, 4) is 5.75 Å². The Hall–Kier alpha value is -2.22. The zero-order chi connectivity index (χ0) is 18.7. The number of benzene rings is 2. The van der Waals surface area contributed by atoms with Crippen molar-refractivity contribution < 1.29 is 22.7 Å². The Kier molecular flexibility index (Phi) is 5.41. The fourth-order valence-corrected chi connectivity index (χ4v) is 4.05. The Balaban J connectivity index is 1.74. The van der Waals surface area contributed by atoms with Crippen LogP contribution in [0.1, 0.15) is 21.5 Å². The maximum absolute atomic E-state index is 12.6. The maximum Gasteiger partial charge on any atom is 0.343 e. The molecule has 2 aromatic carbocycles. The van der Waals surface area contributed by atoms with Crippen LogP contribution in [0.2, 0.25) is 0 Å². The van der Waals surface area contributed by atoms with E-state index < -0.39 is 16.0 Å². The summed E-state index contributed by atoms with van der Waals surface area (Å²) in [7, 11) is -3.57. The molecule has 0 amide bonds. The van der Waals surface area contributed by atoms with E-state index in [1.165, 1.54) is 28.6 Å². The molecule has 1 aliphatic heterocycles. The Labute approximate surface area is 153 Å². The van der Waals surface area contributed by atoms with E-state index in [1.807, 2.05) is 19.9 Å². The van der Waals surface area contributed by atoms with E-state index in [0.717, 1.165) is 11.1 Å². The summed E-state index contributed by atoms with van der Waals surface area (Å²) in [6.45, 7) is 5.36. The summed E-state index contributed by atoms with van der Waals surface area (Å²) in [6, 6.07) is 11.2. The summed E-state index contributed by atoms with van der Waals surface area (Å²) < 4.78 is 37.1. The normalized spacial score (nSPS) is 15.6. The molecule has 0 unspecified atom stereocenters. The number of hydrogen-bond acceptors (Lipinski definition) is 5. The first-order valence-corrected chi connectivity index (χ1v) is 9.79. The highest BCUT2D eigenvalue weighted by Crippen LogP contribution is 2.20. The first-order chi connectivity index (χ1) is 12.4. The number of aryl methyl sites for hydroxylation is 2. The highest BCUT2D eigenvalue weighted by Gasteiger charge is 2.26. The first kappa shape index (κ1) is 18.6. The average molecular weight is 375 g/mol. The predicted molar refractivity (Wildman–Crippen MR) is 96.9 cm³/mol. The van der Waals surface area contributed by atoms with Gasteiger partial charge in [0, 0.05) is 13.1 Å². The van der Waals surface area contributed by atoms with Crippen LogP contribution in [0.4, 0.5) is 0 Å². The van der Waals surface area contributed by atoms with Crippen molar-refractivity contribution in [3.63, 3.8) is 0 Å². The molecule has 1 heterocycles. The molecule has 7 heteroatoms. The fraction of sp³-hybridized carbons (Fsp3) is 0.316. The summed E-state index contributed by atoms with van der Waals surface area (Å²) in [5, 5.41) is 0. The molecule has 0 radical (unpaired) electrons. The van der Waals surface area contributed by atoms with E-state index in [-0.39, 0.29) is 4.90 Å². The molecule has 0 bridgehead atoms. The number of carbonyl (C=O) groups excluding carboxylic acids is 1. The number of morpholine rings is 1. The molecule has 0 aromatic heterocycles.